The lowest BCUT2D eigenvalue weighted by Gasteiger charge is -2.31. The van der Waals surface area contributed by atoms with Crippen molar-refractivity contribution in [2.45, 2.75) is 75.0 Å². The molecule has 1 amide bonds. The van der Waals surface area contributed by atoms with Gasteiger partial charge in [0.25, 0.3) is 5.56 Å². The minimum Gasteiger partial charge on any atom is -0.383 e. The van der Waals surface area contributed by atoms with Gasteiger partial charge in [-0.15, -0.1) is 11.3 Å². The van der Waals surface area contributed by atoms with E-state index in [1.807, 2.05) is 0 Å². The minimum atomic E-state index is -0.754. The number of nitrogens with zero attached hydrogens (tertiary/aromatic N) is 3. The van der Waals surface area contributed by atoms with Crippen LogP contribution in [0.5, 0.6) is 0 Å². The van der Waals surface area contributed by atoms with Gasteiger partial charge in [0.15, 0.2) is 5.16 Å². The molecule has 0 aromatic carbocycles. The van der Waals surface area contributed by atoms with Crippen molar-refractivity contribution >= 4 is 39.2 Å². The first-order valence-corrected chi connectivity index (χ1v) is 12.8. The van der Waals surface area contributed by atoms with Gasteiger partial charge < -0.3 is 10.1 Å². The highest BCUT2D eigenvalue weighted by Crippen LogP contribution is 2.35. The van der Waals surface area contributed by atoms with Crippen LogP contribution >= 0.6 is 23.1 Å². The normalized spacial score (nSPS) is 17.8. The Morgan fingerprint density at radius 1 is 1.29 bits per heavy atom. The third kappa shape index (κ3) is 4.66. The zero-order chi connectivity index (χ0) is 21.8. The van der Waals surface area contributed by atoms with Crippen molar-refractivity contribution in [3.63, 3.8) is 0 Å². The van der Waals surface area contributed by atoms with Gasteiger partial charge in [-0.05, 0) is 44.1 Å². The summed E-state index contributed by atoms with van der Waals surface area (Å²) in [5, 5.41) is 13.8. The predicted octanol–water partition coefficient (Wildman–Crippen LogP) is 3.42. The average Bonchev–Trinajstić information content (AvgIpc) is 3.16. The van der Waals surface area contributed by atoms with E-state index in [0.717, 1.165) is 60.7 Å². The van der Waals surface area contributed by atoms with Crippen LogP contribution in [0, 0.1) is 11.3 Å². The number of aryl methyl sites for hydroxylation is 2. The lowest BCUT2D eigenvalue weighted by molar-refractivity contribution is -0.120. The van der Waals surface area contributed by atoms with Crippen molar-refractivity contribution in [2.24, 2.45) is 0 Å². The Balaban J connectivity index is 1.58. The number of nitrogens with one attached hydrogen (secondary N) is 1. The Bertz CT molecular complexity index is 1060. The number of aromatic nitrogens is 2. The van der Waals surface area contributed by atoms with E-state index in [1.165, 1.54) is 16.6 Å². The number of fused-ring (bicyclic) bond motifs is 3. The van der Waals surface area contributed by atoms with Gasteiger partial charge >= 0.3 is 0 Å². The number of nitriles is 1. The number of ether oxygens (including phenoxy) is 1. The summed E-state index contributed by atoms with van der Waals surface area (Å²) in [6, 6.07) is 2.32. The number of thioether (sulfide) groups is 1. The lowest BCUT2D eigenvalue weighted by Crippen LogP contribution is -2.49. The maximum atomic E-state index is 13.4. The Kier molecular flexibility index (Phi) is 6.99. The van der Waals surface area contributed by atoms with Crippen LogP contribution in [0.2, 0.25) is 0 Å². The number of amides is 1. The van der Waals surface area contributed by atoms with Crippen LogP contribution in [0.25, 0.3) is 10.2 Å². The molecule has 7 nitrogen and oxygen atoms in total. The summed E-state index contributed by atoms with van der Waals surface area (Å²) < 4.78 is 6.85. The first-order valence-electron chi connectivity index (χ1n) is 11.0. The topological polar surface area (TPSA) is 97.0 Å². The molecule has 0 unspecified atom stereocenters. The summed E-state index contributed by atoms with van der Waals surface area (Å²) in [5.41, 5.74) is 0.373. The Hall–Kier alpha value is -1.89. The Morgan fingerprint density at radius 3 is 2.81 bits per heavy atom. The van der Waals surface area contributed by atoms with Crippen LogP contribution in [0.1, 0.15) is 55.4 Å². The first kappa shape index (κ1) is 22.3. The van der Waals surface area contributed by atoms with Gasteiger partial charge in [0.1, 0.15) is 10.4 Å². The van der Waals surface area contributed by atoms with Crippen LogP contribution in [-0.2, 0) is 28.9 Å². The molecule has 166 valence electrons. The van der Waals surface area contributed by atoms with Gasteiger partial charge in [0.05, 0.1) is 30.4 Å². The summed E-state index contributed by atoms with van der Waals surface area (Å²) in [6.45, 7) is 0.797. The van der Waals surface area contributed by atoms with E-state index >= 15 is 0 Å². The molecule has 2 aromatic heterocycles. The largest absolute Gasteiger partial charge is 0.383 e. The fourth-order valence-electron chi connectivity index (χ4n) is 4.56. The molecule has 2 heterocycles. The zero-order valence-corrected chi connectivity index (χ0v) is 19.5. The third-order valence-electron chi connectivity index (χ3n) is 6.19. The number of hydrogen-bond acceptors (Lipinski definition) is 7. The molecule has 2 aliphatic rings. The quantitative estimate of drug-likeness (QED) is 0.502. The van der Waals surface area contributed by atoms with E-state index in [9.17, 15) is 14.9 Å². The van der Waals surface area contributed by atoms with Gasteiger partial charge in [0, 0.05) is 12.0 Å². The first-order chi connectivity index (χ1) is 15.1. The summed E-state index contributed by atoms with van der Waals surface area (Å²) >= 11 is 2.87. The van der Waals surface area contributed by atoms with E-state index in [1.54, 1.807) is 23.0 Å². The van der Waals surface area contributed by atoms with Crippen LogP contribution in [-0.4, -0.2) is 40.5 Å². The van der Waals surface area contributed by atoms with Gasteiger partial charge in [-0.2, -0.15) is 5.26 Å². The maximum Gasteiger partial charge on any atom is 0.263 e. The average molecular weight is 461 g/mol. The molecule has 4 rings (SSSR count). The standard InChI is InChI=1S/C22H28N4O3S2/c1-29-12-11-26-20(28)18-15-7-3-4-8-16(15)31-19(18)24-21(26)30-13-17(27)25-22(14-23)9-5-2-6-10-22/h2-13H2,1H3,(H,25,27). The smallest absolute Gasteiger partial charge is 0.263 e. The lowest BCUT2D eigenvalue weighted by atomic mass is 9.83. The van der Waals surface area contributed by atoms with E-state index in [4.69, 9.17) is 9.72 Å². The zero-order valence-electron chi connectivity index (χ0n) is 17.9. The fraction of sp³-hybridized carbons (Fsp3) is 0.636. The van der Waals surface area contributed by atoms with Crippen molar-refractivity contribution < 1.29 is 9.53 Å². The van der Waals surface area contributed by atoms with E-state index < -0.39 is 5.54 Å². The Labute approximate surface area is 190 Å². The molecule has 0 spiro atoms. The number of thiophene rings is 1. The molecule has 0 bridgehead atoms. The molecule has 0 atom stereocenters. The molecule has 1 fully saturated rings. The van der Waals surface area contributed by atoms with Crippen LogP contribution in [0.15, 0.2) is 9.95 Å². The molecule has 1 N–H and O–H groups in total. The van der Waals surface area contributed by atoms with E-state index in [-0.39, 0.29) is 17.2 Å². The predicted molar refractivity (Wildman–Crippen MR) is 123 cm³/mol. The number of rotatable bonds is 7. The van der Waals surface area contributed by atoms with Crippen molar-refractivity contribution in [3.05, 3.63) is 20.8 Å². The second-order valence-electron chi connectivity index (χ2n) is 8.33. The van der Waals surface area contributed by atoms with Crippen molar-refractivity contribution in [1.29, 1.82) is 5.26 Å². The maximum absolute atomic E-state index is 13.4. The highest BCUT2D eigenvalue weighted by atomic mass is 32.2. The minimum absolute atomic E-state index is 0.0369. The number of carbonyl (C=O) groups is 1. The van der Waals surface area contributed by atoms with Crippen LogP contribution in [0.4, 0.5) is 0 Å². The van der Waals surface area contributed by atoms with Gasteiger partial charge in [-0.25, -0.2) is 4.98 Å². The van der Waals surface area contributed by atoms with Crippen molar-refractivity contribution in [3.8, 4) is 6.07 Å². The molecular weight excluding hydrogens is 432 g/mol. The highest BCUT2D eigenvalue weighted by molar-refractivity contribution is 7.99. The van der Waals surface area contributed by atoms with Gasteiger partial charge in [-0.1, -0.05) is 31.0 Å². The molecule has 9 heteroatoms. The summed E-state index contributed by atoms with van der Waals surface area (Å²) in [7, 11) is 1.61. The second kappa shape index (κ2) is 9.72. The molecular formula is C22H28N4O3S2. The van der Waals surface area contributed by atoms with E-state index in [2.05, 4.69) is 11.4 Å². The molecule has 2 aliphatic carbocycles. The third-order valence-corrected chi connectivity index (χ3v) is 8.35. The summed E-state index contributed by atoms with van der Waals surface area (Å²) in [4.78, 5) is 32.9. The second-order valence-corrected chi connectivity index (χ2v) is 10.4. The molecule has 31 heavy (non-hydrogen) atoms. The van der Waals surface area contributed by atoms with Crippen LogP contribution < -0.4 is 10.9 Å². The molecule has 1 saturated carbocycles. The molecule has 2 aromatic rings. The number of hydrogen-bond donors (Lipinski definition) is 1. The van der Waals surface area contributed by atoms with Crippen LogP contribution in [0.3, 0.4) is 0 Å². The Morgan fingerprint density at radius 2 is 2.06 bits per heavy atom. The molecule has 0 saturated heterocycles. The monoisotopic (exact) mass is 460 g/mol. The van der Waals surface area contributed by atoms with Crippen molar-refractivity contribution in [2.75, 3.05) is 19.5 Å². The van der Waals surface area contributed by atoms with Gasteiger partial charge in [-0.3, -0.25) is 14.2 Å². The molecule has 0 aliphatic heterocycles. The fourth-order valence-corrected chi connectivity index (χ4v) is 6.69. The summed E-state index contributed by atoms with van der Waals surface area (Å²) in [5.74, 6) is -0.0639. The number of carbonyl (C=O) groups excluding carboxylic acids is 1. The van der Waals surface area contributed by atoms with Crippen molar-refractivity contribution in [1.82, 2.24) is 14.9 Å². The molecule has 0 radical (unpaired) electrons. The highest BCUT2D eigenvalue weighted by Gasteiger charge is 2.33. The SMILES string of the molecule is COCCn1c(SCC(=O)NC2(C#N)CCCCC2)nc2sc3c(c2c1=O)CCCC3. The number of methoxy groups -OCH3 is 1. The van der Waals surface area contributed by atoms with E-state index in [0.29, 0.717) is 31.1 Å². The summed E-state index contributed by atoms with van der Waals surface area (Å²) in [6.07, 6.45) is 8.61. The van der Waals surface area contributed by atoms with Gasteiger partial charge in [0.2, 0.25) is 5.91 Å².